The number of aromatic nitrogens is 2. The third-order valence-electron chi connectivity index (χ3n) is 4.57. The molecule has 1 aliphatic carbocycles. The highest BCUT2D eigenvalue weighted by molar-refractivity contribution is 5.82. The van der Waals surface area contributed by atoms with Crippen LogP contribution in [0, 0.1) is 11.8 Å². The van der Waals surface area contributed by atoms with Crippen LogP contribution in [0.25, 0.3) is 10.9 Å². The Bertz CT molecular complexity index is 567. The molecule has 3 heteroatoms. The molecular weight excluding hydrogens is 236 g/mol. The second-order valence-corrected chi connectivity index (χ2v) is 5.99. The maximum absolute atomic E-state index is 10.7. The van der Waals surface area contributed by atoms with E-state index in [0.717, 1.165) is 35.4 Å². The Hall–Kier alpha value is -1.35. The summed E-state index contributed by atoms with van der Waals surface area (Å²) in [6.07, 6.45) is 4.28. The lowest BCUT2D eigenvalue weighted by atomic mass is 9.79. The van der Waals surface area contributed by atoms with E-state index in [1.165, 1.54) is 12.8 Å². The van der Waals surface area contributed by atoms with Crippen molar-refractivity contribution in [3.05, 3.63) is 30.0 Å². The first-order valence-electron chi connectivity index (χ1n) is 7.26. The van der Waals surface area contributed by atoms with Crippen molar-refractivity contribution in [2.45, 2.75) is 38.7 Å². The number of benzene rings is 1. The summed E-state index contributed by atoms with van der Waals surface area (Å²) >= 11 is 0. The van der Waals surface area contributed by atoms with E-state index in [1.54, 1.807) is 0 Å². The van der Waals surface area contributed by atoms with Gasteiger partial charge in [0, 0.05) is 12.4 Å². The van der Waals surface area contributed by atoms with Gasteiger partial charge in [-0.25, -0.2) is 0 Å². The molecule has 3 rings (SSSR count). The van der Waals surface area contributed by atoms with Crippen molar-refractivity contribution in [3.8, 4) is 0 Å². The van der Waals surface area contributed by atoms with Crippen LogP contribution in [0.15, 0.2) is 24.3 Å². The molecule has 1 atom stereocenters. The van der Waals surface area contributed by atoms with Crippen molar-refractivity contribution in [1.82, 2.24) is 9.78 Å². The van der Waals surface area contributed by atoms with Crippen LogP contribution in [0.1, 0.15) is 44.4 Å². The summed E-state index contributed by atoms with van der Waals surface area (Å²) in [4.78, 5) is 0. The highest BCUT2D eigenvalue weighted by Gasteiger charge is 2.28. The SMILES string of the molecule is CC1CCC(C(O)c2nn(C)c3ccccc23)CC1. The molecule has 0 radical (unpaired) electrons. The molecule has 1 unspecified atom stereocenters. The highest BCUT2D eigenvalue weighted by Crippen LogP contribution is 2.38. The van der Waals surface area contributed by atoms with E-state index >= 15 is 0 Å². The predicted molar refractivity (Wildman–Crippen MR) is 76.8 cm³/mol. The van der Waals surface area contributed by atoms with E-state index in [-0.39, 0.29) is 0 Å². The van der Waals surface area contributed by atoms with Gasteiger partial charge in [0.05, 0.1) is 11.2 Å². The van der Waals surface area contributed by atoms with E-state index in [0.29, 0.717) is 5.92 Å². The Balaban J connectivity index is 1.91. The summed E-state index contributed by atoms with van der Waals surface area (Å²) in [5, 5.41) is 16.3. The van der Waals surface area contributed by atoms with Gasteiger partial charge in [-0.2, -0.15) is 5.10 Å². The fourth-order valence-electron chi connectivity index (χ4n) is 3.29. The smallest absolute Gasteiger partial charge is 0.101 e. The van der Waals surface area contributed by atoms with Gasteiger partial charge in [-0.15, -0.1) is 0 Å². The normalized spacial score (nSPS) is 25.6. The summed E-state index contributed by atoms with van der Waals surface area (Å²) in [6.45, 7) is 2.30. The van der Waals surface area contributed by atoms with Gasteiger partial charge in [-0.1, -0.05) is 38.0 Å². The van der Waals surface area contributed by atoms with Gasteiger partial charge < -0.3 is 5.11 Å². The first-order chi connectivity index (χ1) is 9.16. The Kier molecular flexibility index (Phi) is 3.31. The standard InChI is InChI=1S/C16H22N2O/c1-11-7-9-12(10-8-11)16(19)15-13-5-3-4-6-14(13)18(2)17-15/h3-6,11-12,16,19H,7-10H2,1-2H3. The summed E-state index contributed by atoms with van der Waals surface area (Å²) in [5.74, 6) is 1.18. The third kappa shape index (κ3) is 2.27. The van der Waals surface area contributed by atoms with E-state index in [9.17, 15) is 5.11 Å². The largest absolute Gasteiger partial charge is 0.386 e. The summed E-state index contributed by atoms with van der Waals surface area (Å²) < 4.78 is 1.87. The Morgan fingerprint density at radius 3 is 2.63 bits per heavy atom. The van der Waals surface area contributed by atoms with Crippen molar-refractivity contribution in [3.63, 3.8) is 0 Å². The van der Waals surface area contributed by atoms with Crippen LogP contribution in [0.4, 0.5) is 0 Å². The molecule has 1 saturated carbocycles. The Morgan fingerprint density at radius 1 is 1.21 bits per heavy atom. The van der Waals surface area contributed by atoms with Gasteiger partial charge in [0.2, 0.25) is 0 Å². The minimum Gasteiger partial charge on any atom is -0.386 e. The number of aryl methyl sites for hydroxylation is 1. The number of rotatable bonds is 2. The van der Waals surface area contributed by atoms with Crippen molar-refractivity contribution in [2.75, 3.05) is 0 Å². The molecule has 0 bridgehead atoms. The first kappa shape index (κ1) is 12.7. The fraction of sp³-hybridized carbons (Fsp3) is 0.562. The number of hydrogen-bond donors (Lipinski definition) is 1. The molecule has 0 aliphatic heterocycles. The molecule has 19 heavy (non-hydrogen) atoms. The molecule has 2 aromatic rings. The van der Waals surface area contributed by atoms with Gasteiger partial charge in [0.15, 0.2) is 0 Å². The average Bonchev–Trinajstić information content (AvgIpc) is 2.77. The van der Waals surface area contributed by atoms with Crippen LogP contribution < -0.4 is 0 Å². The zero-order valence-corrected chi connectivity index (χ0v) is 11.7. The van der Waals surface area contributed by atoms with Crippen molar-refractivity contribution < 1.29 is 5.11 Å². The summed E-state index contributed by atoms with van der Waals surface area (Å²) in [5.41, 5.74) is 1.96. The highest BCUT2D eigenvalue weighted by atomic mass is 16.3. The molecule has 0 saturated heterocycles. The lowest BCUT2D eigenvalue weighted by Gasteiger charge is -2.29. The minimum atomic E-state index is -0.418. The van der Waals surface area contributed by atoms with Crippen LogP contribution >= 0.6 is 0 Å². The molecule has 3 nitrogen and oxygen atoms in total. The second-order valence-electron chi connectivity index (χ2n) is 5.99. The molecule has 1 aromatic carbocycles. The predicted octanol–water partition coefficient (Wildman–Crippen LogP) is 3.43. The van der Waals surface area contributed by atoms with Gasteiger partial charge in [-0.3, -0.25) is 4.68 Å². The van der Waals surface area contributed by atoms with Crippen molar-refractivity contribution in [1.29, 1.82) is 0 Å². The molecule has 1 aliphatic rings. The van der Waals surface area contributed by atoms with Crippen molar-refractivity contribution >= 4 is 10.9 Å². The number of fused-ring (bicyclic) bond motifs is 1. The van der Waals surface area contributed by atoms with Crippen LogP contribution in [0.2, 0.25) is 0 Å². The number of aliphatic hydroxyl groups excluding tert-OH is 1. The topological polar surface area (TPSA) is 38.1 Å². The second kappa shape index (κ2) is 4.97. The number of aliphatic hydroxyl groups is 1. The number of para-hydroxylation sites is 1. The number of hydrogen-bond acceptors (Lipinski definition) is 2. The molecule has 1 aromatic heterocycles. The third-order valence-corrected chi connectivity index (χ3v) is 4.57. The van der Waals surface area contributed by atoms with Crippen molar-refractivity contribution in [2.24, 2.45) is 18.9 Å². The van der Waals surface area contributed by atoms with Gasteiger partial charge in [0.25, 0.3) is 0 Å². The van der Waals surface area contributed by atoms with Crippen LogP contribution in [-0.4, -0.2) is 14.9 Å². The Morgan fingerprint density at radius 2 is 1.89 bits per heavy atom. The molecule has 1 N–H and O–H groups in total. The van der Waals surface area contributed by atoms with E-state index in [4.69, 9.17) is 0 Å². The molecule has 0 spiro atoms. The fourth-order valence-corrected chi connectivity index (χ4v) is 3.29. The quantitative estimate of drug-likeness (QED) is 0.896. The van der Waals surface area contributed by atoms with E-state index < -0.39 is 6.10 Å². The zero-order chi connectivity index (χ0) is 13.4. The van der Waals surface area contributed by atoms with E-state index in [2.05, 4.69) is 24.2 Å². The summed E-state index contributed by atoms with van der Waals surface area (Å²) in [7, 11) is 1.95. The number of nitrogens with zero attached hydrogens (tertiary/aromatic N) is 2. The first-order valence-corrected chi connectivity index (χ1v) is 7.26. The molecule has 0 amide bonds. The van der Waals surface area contributed by atoms with Crippen LogP contribution in [-0.2, 0) is 7.05 Å². The maximum Gasteiger partial charge on any atom is 0.101 e. The van der Waals surface area contributed by atoms with Crippen LogP contribution in [0.5, 0.6) is 0 Å². The minimum absolute atomic E-state index is 0.370. The van der Waals surface area contributed by atoms with Gasteiger partial charge in [-0.05, 0) is 30.7 Å². The molecule has 1 fully saturated rings. The van der Waals surface area contributed by atoms with E-state index in [1.807, 2.05) is 23.9 Å². The summed E-state index contributed by atoms with van der Waals surface area (Å²) in [6, 6.07) is 8.15. The lowest BCUT2D eigenvalue weighted by Crippen LogP contribution is -2.19. The monoisotopic (exact) mass is 258 g/mol. The van der Waals surface area contributed by atoms with Crippen LogP contribution in [0.3, 0.4) is 0 Å². The molecule has 1 heterocycles. The lowest BCUT2D eigenvalue weighted by molar-refractivity contribution is 0.0727. The molecular formula is C16H22N2O. The van der Waals surface area contributed by atoms with Gasteiger partial charge in [0.1, 0.15) is 6.10 Å². The maximum atomic E-state index is 10.7. The average molecular weight is 258 g/mol. The Labute approximate surface area is 114 Å². The molecule has 102 valence electrons. The van der Waals surface area contributed by atoms with Gasteiger partial charge >= 0.3 is 0 Å². The zero-order valence-electron chi connectivity index (χ0n) is 11.7.